The third-order valence-corrected chi connectivity index (χ3v) is 4.24. The summed E-state index contributed by atoms with van der Waals surface area (Å²) in [5, 5.41) is 3.29. The van der Waals surface area contributed by atoms with Gasteiger partial charge in [0.2, 0.25) is 0 Å². The summed E-state index contributed by atoms with van der Waals surface area (Å²) in [5.74, 6) is 0.992. The van der Waals surface area contributed by atoms with Gasteiger partial charge in [-0.2, -0.15) is 0 Å². The maximum Gasteiger partial charge on any atom is 0.289 e. The molecule has 1 saturated heterocycles. The van der Waals surface area contributed by atoms with Crippen LogP contribution in [0.5, 0.6) is 5.75 Å². The number of nitrogens with one attached hydrogen (secondary N) is 1. The van der Waals surface area contributed by atoms with Gasteiger partial charge in [0, 0.05) is 13.1 Å². The lowest BCUT2D eigenvalue weighted by Gasteiger charge is -2.31. The number of rotatable bonds is 5. The van der Waals surface area contributed by atoms with E-state index in [4.69, 9.17) is 9.15 Å². The Morgan fingerprint density at radius 2 is 1.96 bits per heavy atom. The van der Waals surface area contributed by atoms with Crippen LogP contribution in [0.1, 0.15) is 29.2 Å². The van der Waals surface area contributed by atoms with E-state index in [1.807, 2.05) is 7.05 Å². The Morgan fingerprint density at radius 1 is 1.25 bits per heavy atom. The normalized spacial score (nSPS) is 15.2. The third-order valence-electron chi connectivity index (χ3n) is 4.24. The van der Waals surface area contributed by atoms with Gasteiger partial charge in [-0.3, -0.25) is 4.79 Å². The highest BCUT2D eigenvalue weighted by molar-refractivity contribution is 5.91. The van der Waals surface area contributed by atoms with Crippen molar-refractivity contribution in [2.24, 2.45) is 0 Å². The molecule has 2 heterocycles. The zero-order chi connectivity index (χ0) is 16.9. The Bertz CT molecular complexity index is 678. The third kappa shape index (κ3) is 3.94. The van der Waals surface area contributed by atoms with E-state index >= 15 is 0 Å². The van der Waals surface area contributed by atoms with Crippen LogP contribution in [0.15, 0.2) is 40.8 Å². The number of carbonyl (C=O) groups excluding carboxylic acids is 1. The highest BCUT2D eigenvalue weighted by Crippen LogP contribution is 2.18. The van der Waals surface area contributed by atoms with Crippen LogP contribution < -0.4 is 10.1 Å². The van der Waals surface area contributed by atoms with Crippen LogP contribution in [0.25, 0.3) is 0 Å². The summed E-state index contributed by atoms with van der Waals surface area (Å²) in [6.45, 7) is 2.05. The van der Waals surface area contributed by atoms with Crippen LogP contribution in [0.2, 0.25) is 0 Å². The summed E-state index contributed by atoms with van der Waals surface area (Å²) in [5.41, 5.74) is 0. The van der Waals surface area contributed by atoms with Crippen LogP contribution in [-0.4, -0.2) is 37.0 Å². The second-order valence-corrected chi connectivity index (χ2v) is 5.91. The molecule has 0 bridgehead atoms. The smallest absolute Gasteiger partial charge is 0.289 e. The number of furan rings is 1. The molecule has 0 saturated carbocycles. The lowest BCUT2D eigenvalue weighted by Crippen LogP contribution is -2.43. The number of benzene rings is 1. The summed E-state index contributed by atoms with van der Waals surface area (Å²) < 4.78 is 24.0. The average molecular weight is 332 g/mol. The summed E-state index contributed by atoms with van der Waals surface area (Å²) in [4.78, 5) is 14.3. The lowest BCUT2D eigenvalue weighted by atomic mass is 10.1. The van der Waals surface area contributed by atoms with Gasteiger partial charge in [0.1, 0.15) is 23.9 Å². The SMILES string of the molecule is CN(C(=O)c1ccc(COc2ccc(F)cc2)o1)C1CCNCC1. The minimum absolute atomic E-state index is 0.116. The molecule has 0 unspecified atom stereocenters. The first-order valence-corrected chi connectivity index (χ1v) is 8.08. The zero-order valence-electron chi connectivity index (χ0n) is 13.6. The topological polar surface area (TPSA) is 54.7 Å². The largest absolute Gasteiger partial charge is 0.486 e. The van der Waals surface area contributed by atoms with Crippen LogP contribution in [0, 0.1) is 5.82 Å². The molecule has 2 aromatic rings. The molecule has 1 aromatic carbocycles. The standard InChI is InChI=1S/C18H21FN2O3/c1-21(14-8-10-20-11-9-14)18(22)17-7-6-16(24-17)12-23-15-4-2-13(19)3-5-15/h2-7,14,20H,8-12H2,1H3. The molecule has 1 aliphatic rings. The summed E-state index contributed by atoms with van der Waals surface area (Å²) >= 11 is 0. The maximum atomic E-state index is 12.9. The van der Waals surface area contributed by atoms with Crippen molar-refractivity contribution in [2.45, 2.75) is 25.5 Å². The minimum Gasteiger partial charge on any atom is -0.486 e. The molecule has 0 spiro atoms. The van der Waals surface area contributed by atoms with Crippen molar-refractivity contribution in [1.29, 1.82) is 0 Å². The van der Waals surface area contributed by atoms with Crippen molar-refractivity contribution >= 4 is 5.91 Å². The molecule has 0 atom stereocenters. The Morgan fingerprint density at radius 3 is 2.67 bits per heavy atom. The van der Waals surface area contributed by atoms with E-state index in [1.165, 1.54) is 12.1 Å². The Labute approximate surface area is 140 Å². The van der Waals surface area contributed by atoms with E-state index in [2.05, 4.69) is 5.32 Å². The van der Waals surface area contributed by atoms with Gasteiger partial charge < -0.3 is 19.4 Å². The van der Waals surface area contributed by atoms with Gasteiger partial charge in [0.15, 0.2) is 5.76 Å². The predicted octanol–water partition coefficient (Wildman–Crippen LogP) is 2.82. The van der Waals surface area contributed by atoms with Gasteiger partial charge in [-0.15, -0.1) is 0 Å². The zero-order valence-corrected chi connectivity index (χ0v) is 13.6. The molecule has 1 fully saturated rings. The first kappa shape index (κ1) is 16.5. The van der Waals surface area contributed by atoms with E-state index in [1.54, 1.807) is 29.2 Å². The van der Waals surface area contributed by atoms with Crippen LogP contribution >= 0.6 is 0 Å². The number of halogens is 1. The molecule has 1 aliphatic heterocycles. The van der Waals surface area contributed by atoms with Crippen molar-refractivity contribution < 1.29 is 18.3 Å². The van der Waals surface area contributed by atoms with Crippen molar-refractivity contribution in [1.82, 2.24) is 10.2 Å². The van der Waals surface area contributed by atoms with Gasteiger partial charge in [0.05, 0.1) is 0 Å². The molecule has 24 heavy (non-hydrogen) atoms. The van der Waals surface area contributed by atoms with Crippen LogP contribution in [0.3, 0.4) is 0 Å². The number of hydrogen-bond donors (Lipinski definition) is 1. The Hall–Kier alpha value is -2.34. The number of nitrogens with zero attached hydrogens (tertiary/aromatic N) is 1. The van der Waals surface area contributed by atoms with Gasteiger partial charge in [-0.25, -0.2) is 4.39 Å². The molecule has 3 rings (SSSR count). The van der Waals surface area contributed by atoms with Gasteiger partial charge in [-0.05, 0) is 62.3 Å². The fraction of sp³-hybridized carbons (Fsp3) is 0.389. The highest BCUT2D eigenvalue weighted by Gasteiger charge is 2.24. The van der Waals surface area contributed by atoms with Crippen molar-refractivity contribution in [3.05, 3.63) is 53.7 Å². The molecule has 0 radical (unpaired) electrons. The number of piperidine rings is 1. The monoisotopic (exact) mass is 332 g/mol. The highest BCUT2D eigenvalue weighted by atomic mass is 19.1. The van der Waals surface area contributed by atoms with Crippen molar-refractivity contribution in [2.75, 3.05) is 20.1 Å². The molecule has 1 N–H and O–H groups in total. The van der Waals surface area contributed by atoms with E-state index in [0.717, 1.165) is 25.9 Å². The van der Waals surface area contributed by atoms with Crippen LogP contribution in [0.4, 0.5) is 4.39 Å². The molecule has 1 amide bonds. The maximum absolute atomic E-state index is 12.9. The first-order chi connectivity index (χ1) is 11.6. The predicted molar refractivity (Wildman–Crippen MR) is 87.4 cm³/mol. The number of carbonyl (C=O) groups is 1. The quantitative estimate of drug-likeness (QED) is 0.915. The first-order valence-electron chi connectivity index (χ1n) is 8.08. The molecule has 1 aromatic heterocycles. The summed E-state index contributed by atoms with van der Waals surface area (Å²) in [6, 6.07) is 9.41. The molecule has 6 heteroatoms. The molecule has 0 aliphatic carbocycles. The second kappa shape index (κ2) is 7.49. The fourth-order valence-corrected chi connectivity index (χ4v) is 2.79. The van der Waals surface area contributed by atoms with Crippen LogP contribution in [-0.2, 0) is 6.61 Å². The van der Waals surface area contributed by atoms with Crippen molar-refractivity contribution in [3.8, 4) is 5.75 Å². The van der Waals surface area contributed by atoms with Gasteiger partial charge in [-0.1, -0.05) is 0 Å². The van der Waals surface area contributed by atoms with Gasteiger partial charge in [0.25, 0.3) is 5.91 Å². The van der Waals surface area contributed by atoms with Crippen molar-refractivity contribution in [3.63, 3.8) is 0 Å². The minimum atomic E-state index is -0.311. The van der Waals surface area contributed by atoms with E-state index in [9.17, 15) is 9.18 Å². The molecule has 5 nitrogen and oxygen atoms in total. The number of ether oxygens (including phenoxy) is 1. The lowest BCUT2D eigenvalue weighted by molar-refractivity contribution is 0.0667. The average Bonchev–Trinajstić information content (AvgIpc) is 3.10. The number of hydrogen-bond acceptors (Lipinski definition) is 4. The van der Waals surface area contributed by atoms with E-state index in [0.29, 0.717) is 17.3 Å². The van der Waals surface area contributed by atoms with Gasteiger partial charge >= 0.3 is 0 Å². The second-order valence-electron chi connectivity index (χ2n) is 5.91. The molecular weight excluding hydrogens is 311 g/mol. The Balaban J connectivity index is 1.57. The fourth-order valence-electron chi connectivity index (χ4n) is 2.79. The summed E-state index contributed by atoms with van der Waals surface area (Å²) in [6.07, 6.45) is 1.90. The molecular formula is C18H21FN2O3. The van der Waals surface area contributed by atoms with E-state index < -0.39 is 0 Å². The molecule has 128 valence electrons. The Kier molecular flexibility index (Phi) is 5.15. The van der Waals surface area contributed by atoms with E-state index in [-0.39, 0.29) is 24.4 Å². The number of amides is 1. The summed E-state index contributed by atoms with van der Waals surface area (Å²) in [7, 11) is 1.82.